The first kappa shape index (κ1) is 15.7. The molecule has 4 rings (SSSR count). The second-order valence-electron chi connectivity index (χ2n) is 5.93. The summed E-state index contributed by atoms with van der Waals surface area (Å²) in [6.07, 6.45) is 1.80. The van der Waals surface area contributed by atoms with Crippen LogP contribution in [0.4, 0.5) is 0 Å². The van der Waals surface area contributed by atoms with Gasteiger partial charge in [0, 0.05) is 37.4 Å². The van der Waals surface area contributed by atoms with Crippen LogP contribution in [0.15, 0.2) is 38.5 Å². The quantitative estimate of drug-likeness (QED) is 0.820. The lowest BCUT2D eigenvalue weighted by molar-refractivity contribution is 0.350. The Kier molecular flexibility index (Phi) is 4.05. The van der Waals surface area contributed by atoms with Gasteiger partial charge < -0.3 is 5.32 Å². The summed E-state index contributed by atoms with van der Waals surface area (Å²) < 4.78 is 28.9. The Morgan fingerprint density at radius 3 is 2.96 bits per heavy atom. The van der Waals surface area contributed by atoms with Gasteiger partial charge in [-0.15, -0.1) is 11.3 Å². The minimum absolute atomic E-state index is 0.268. The van der Waals surface area contributed by atoms with Crippen LogP contribution in [0, 0.1) is 5.92 Å². The molecule has 8 heteroatoms. The van der Waals surface area contributed by atoms with Crippen molar-refractivity contribution in [3.8, 4) is 0 Å². The molecule has 0 amide bonds. The van der Waals surface area contributed by atoms with Gasteiger partial charge in [-0.2, -0.15) is 4.31 Å². The van der Waals surface area contributed by atoms with Gasteiger partial charge in [-0.1, -0.05) is 6.07 Å². The number of nitrogens with zero attached hydrogens (tertiary/aromatic N) is 2. The third-order valence-corrected chi connectivity index (χ3v) is 8.45. The number of rotatable bonds is 2. The molecule has 0 bridgehead atoms. The maximum absolute atomic E-state index is 13.0. The Labute approximate surface area is 147 Å². The topological polar surface area (TPSA) is 62.3 Å². The first-order valence-electron chi connectivity index (χ1n) is 7.45. The molecule has 122 valence electrons. The Morgan fingerprint density at radius 1 is 1.30 bits per heavy atom. The molecule has 2 aliphatic rings. The van der Waals surface area contributed by atoms with E-state index < -0.39 is 10.0 Å². The van der Waals surface area contributed by atoms with Crippen molar-refractivity contribution in [3.63, 3.8) is 0 Å². The van der Waals surface area contributed by atoms with Gasteiger partial charge in [0.2, 0.25) is 0 Å². The summed E-state index contributed by atoms with van der Waals surface area (Å²) in [7, 11) is -3.48. The molecule has 0 radical (unpaired) electrons. The lowest BCUT2D eigenvalue weighted by atomic mass is 9.91. The number of fused-ring (bicyclic) bond motifs is 3. The van der Waals surface area contributed by atoms with Gasteiger partial charge in [-0.25, -0.2) is 8.42 Å². The van der Waals surface area contributed by atoms with E-state index >= 15 is 0 Å². The highest BCUT2D eigenvalue weighted by atomic mass is 79.9. The molecule has 23 heavy (non-hydrogen) atoms. The van der Waals surface area contributed by atoms with Crippen LogP contribution in [0.3, 0.4) is 0 Å². The second kappa shape index (κ2) is 5.93. The van der Waals surface area contributed by atoms with E-state index in [9.17, 15) is 8.42 Å². The van der Waals surface area contributed by atoms with Crippen LogP contribution in [0.25, 0.3) is 0 Å². The van der Waals surface area contributed by atoms with Crippen LogP contribution in [0.2, 0.25) is 0 Å². The number of nitrogens with one attached hydrogen (secondary N) is 1. The highest BCUT2D eigenvalue weighted by molar-refractivity contribution is 9.11. The summed E-state index contributed by atoms with van der Waals surface area (Å²) in [5.41, 5.74) is 2.07. The molecular weight excluding hydrogens is 398 g/mol. The molecular formula is C15H16BrN3O2S2. The van der Waals surface area contributed by atoms with Crippen LogP contribution in [0.5, 0.6) is 0 Å². The lowest BCUT2D eigenvalue weighted by Gasteiger charge is -2.22. The Balaban J connectivity index is 1.76. The lowest BCUT2D eigenvalue weighted by Crippen LogP contribution is -2.34. The Morgan fingerprint density at radius 2 is 2.17 bits per heavy atom. The van der Waals surface area contributed by atoms with Gasteiger partial charge in [0.05, 0.1) is 3.79 Å². The van der Waals surface area contributed by atoms with Gasteiger partial charge in [0.15, 0.2) is 0 Å². The zero-order valence-corrected chi connectivity index (χ0v) is 15.5. The van der Waals surface area contributed by atoms with Gasteiger partial charge >= 0.3 is 0 Å². The zero-order valence-electron chi connectivity index (χ0n) is 12.3. The number of hydrogen-bond acceptors (Lipinski definition) is 5. The number of sulfonamides is 1. The summed E-state index contributed by atoms with van der Waals surface area (Å²) in [6.45, 7) is 2.63. The van der Waals surface area contributed by atoms with Crippen molar-refractivity contribution in [1.82, 2.24) is 14.6 Å². The number of pyridine rings is 1. The van der Waals surface area contributed by atoms with E-state index in [1.165, 1.54) is 11.3 Å². The predicted octanol–water partition coefficient (Wildman–Crippen LogP) is 2.41. The van der Waals surface area contributed by atoms with E-state index in [1.54, 1.807) is 22.6 Å². The van der Waals surface area contributed by atoms with Crippen molar-refractivity contribution in [3.05, 3.63) is 45.5 Å². The normalized spacial score (nSPS) is 24.9. The fourth-order valence-electron chi connectivity index (χ4n) is 3.43. The van der Waals surface area contributed by atoms with Crippen molar-refractivity contribution < 1.29 is 8.42 Å². The standard InChI is InChI=1S/C15H16BrN3O2S2/c16-13-3-4-14(22-13)23(20,21)19-8-10-2-1-5-18-15(10)12-7-17-6-11(12)9-19/h1-5,11-12,17H,6-9H2/t11-,12+/m1/s1. The van der Waals surface area contributed by atoms with Crippen LogP contribution < -0.4 is 5.32 Å². The third-order valence-electron chi connectivity index (χ3n) is 4.54. The Hall–Kier alpha value is -0.800. The molecule has 5 nitrogen and oxygen atoms in total. The van der Waals surface area contributed by atoms with Crippen molar-refractivity contribution >= 4 is 37.3 Å². The van der Waals surface area contributed by atoms with Gasteiger partial charge in [0.25, 0.3) is 10.0 Å². The van der Waals surface area contributed by atoms with Crippen molar-refractivity contribution in [1.29, 1.82) is 0 Å². The molecule has 4 heterocycles. The van der Waals surface area contributed by atoms with Gasteiger partial charge in [-0.3, -0.25) is 4.98 Å². The molecule has 1 saturated heterocycles. The average Bonchev–Trinajstić information content (AvgIpc) is 3.13. The van der Waals surface area contributed by atoms with E-state index in [2.05, 4.69) is 26.2 Å². The molecule has 2 aliphatic heterocycles. The largest absolute Gasteiger partial charge is 0.316 e. The molecule has 0 aliphatic carbocycles. The third kappa shape index (κ3) is 2.76. The maximum Gasteiger partial charge on any atom is 0.252 e. The molecule has 0 spiro atoms. The summed E-state index contributed by atoms with van der Waals surface area (Å²) in [4.78, 5) is 4.55. The van der Waals surface area contributed by atoms with Crippen molar-refractivity contribution in [2.45, 2.75) is 16.7 Å². The highest BCUT2D eigenvalue weighted by Gasteiger charge is 2.39. The number of hydrogen-bond donors (Lipinski definition) is 1. The van der Waals surface area contributed by atoms with E-state index in [4.69, 9.17) is 0 Å². The highest BCUT2D eigenvalue weighted by Crippen LogP contribution is 2.37. The van der Waals surface area contributed by atoms with Crippen LogP contribution in [0.1, 0.15) is 17.2 Å². The SMILES string of the molecule is O=S(=O)(c1ccc(Br)s1)N1Cc2cccnc2[C@H]2CNC[C@@H]2C1. The smallest absolute Gasteiger partial charge is 0.252 e. The van der Waals surface area contributed by atoms with E-state index in [-0.39, 0.29) is 5.92 Å². The van der Waals surface area contributed by atoms with Crippen molar-refractivity contribution in [2.24, 2.45) is 5.92 Å². The molecule has 0 aromatic carbocycles. The van der Waals surface area contributed by atoms with Crippen molar-refractivity contribution in [2.75, 3.05) is 19.6 Å². The van der Waals surface area contributed by atoms with E-state index in [1.807, 2.05) is 12.1 Å². The second-order valence-corrected chi connectivity index (χ2v) is 10.6. The summed E-state index contributed by atoms with van der Waals surface area (Å²) in [6, 6.07) is 7.33. The average molecular weight is 414 g/mol. The molecule has 0 saturated carbocycles. The first-order chi connectivity index (χ1) is 11.1. The molecule has 0 unspecified atom stereocenters. The van der Waals surface area contributed by atoms with Crippen LogP contribution >= 0.6 is 27.3 Å². The first-order valence-corrected chi connectivity index (χ1v) is 10.5. The van der Waals surface area contributed by atoms with Gasteiger partial charge in [0.1, 0.15) is 4.21 Å². The minimum Gasteiger partial charge on any atom is -0.316 e. The summed E-state index contributed by atoms with van der Waals surface area (Å²) in [5, 5.41) is 3.38. The number of halogens is 1. The minimum atomic E-state index is -3.48. The summed E-state index contributed by atoms with van der Waals surface area (Å²) >= 11 is 4.61. The Bertz CT molecular complexity index is 837. The summed E-state index contributed by atoms with van der Waals surface area (Å²) in [5.74, 6) is 0.561. The molecule has 1 N–H and O–H groups in total. The fourth-order valence-corrected chi connectivity index (χ4v) is 7.07. The monoisotopic (exact) mass is 413 g/mol. The fraction of sp³-hybridized carbons (Fsp3) is 0.400. The molecule has 2 atom stereocenters. The van der Waals surface area contributed by atoms with Crippen LogP contribution in [-0.2, 0) is 16.6 Å². The van der Waals surface area contributed by atoms with Gasteiger partial charge in [-0.05, 0) is 52.2 Å². The zero-order chi connectivity index (χ0) is 16.0. The van der Waals surface area contributed by atoms with E-state index in [0.717, 1.165) is 28.1 Å². The maximum atomic E-state index is 13.0. The molecule has 2 aromatic rings. The predicted molar refractivity (Wildman–Crippen MR) is 93.0 cm³/mol. The molecule has 2 aromatic heterocycles. The van der Waals surface area contributed by atoms with Crippen LogP contribution in [-0.4, -0.2) is 37.3 Å². The number of thiophene rings is 1. The molecule has 1 fully saturated rings. The van der Waals surface area contributed by atoms with E-state index in [0.29, 0.717) is 23.2 Å². The number of aromatic nitrogens is 1.